The molecule has 0 saturated heterocycles. The number of methoxy groups -OCH3 is 2. The fraction of sp³-hybridized carbons (Fsp3) is 0.136. The second-order valence-corrected chi connectivity index (χ2v) is 7.22. The zero-order valence-electron chi connectivity index (χ0n) is 15.3. The standard InChI is InChI=1S/C22H17BrN2O3/c1-26-18-10-13(9-17(23)21(18)27-2)19-15-8-7-12-5-3-4-6-14(12)20(15)28-22(25)16(19)11-24/h3-10,19H,25H2,1-2H3. The van der Waals surface area contributed by atoms with Gasteiger partial charge in [0.15, 0.2) is 11.5 Å². The molecule has 140 valence electrons. The second kappa shape index (κ2) is 7.10. The van der Waals surface area contributed by atoms with Gasteiger partial charge in [0.1, 0.15) is 17.4 Å². The highest BCUT2D eigenvalue weighted by atomic mass is 79.9. The van der Waals surface area contributed by atoms with Crippen LogP contribution in [0.5, 0.6) is 17.2 Å². The van der Waals surface area contributed by atoms with Gasteiger partial charge in [-0.2, -0.15) is 5.26 Å². The van der Waals surface area contributed by atoms with E-state index < -0.39 is 0 Å². The van der Waals surface area contributed by atoms with Crippen LogP contribution in [0.4, 0.5) is 0 Å². The number of nitriles is 1. The highest BCUT2D eigenvalue weighted by Gasteiger charge is 2.32. The van der Waals surface area contributed by atoms with Crippen molar-refractivity contribution in [2.75, 3.05) is 14.2 Å². The Morgan fingerprint density at radius 1 is 1.11 bits per heavy atom. The molecule has 0 bridgehead atoms. The van der Waals surface area contributed by atoms with Crippen LogP contribution >= 0.6 is 15.9 Å². The average Bonchev–Trinajstić information content (AvgIpc) is 2.72. The zero-order chi connectivity index (χ0) is 19.8. The van der Waals surface area contributed by atoms with Gasteiger partial charge < -0.3 is 19.9 Å². The molecule has 0 amide bonds. The SMILES string of the molecule is COc1cc(C2C(C#N)=C(N)Oc3c2ccc2ccccc32)cc(Br)c1OC. The maximum atomic E-state index is 9.79. The Morgan fingerprint density at radius 2 is 1.89 bits per heavy atom. The molecule has 0 fully saturated rings. The lowest BCUT2D eigenvalue weighted by molar-refractivity contribution is 0.352. The summed E-state index contributed by atoms with van der Waals surface area (Å²) in [5.41, 5.74) is 8.25. The predicted molar refractivity (Wildman–Crippen MR) is 110 cm³/mol. The van der Waals surface area contributed by atoms with Gasteiger partial charge in [0, 0.05) is 10.9 Å². The van der Waals surface area contributed by atoms with Crippen molar-refractivity contribution >= 4 is 26.7 Å². The van der Waals surface area contributed by atoms with E-state index in [4.69, 9.17) is 19.9 Å². The first-order valence-electron chi connectivity index (χ1n) is 8.59. The molecule has 1 aliphatic rings. The van der Waals surface area contributed by atoms with Gasteiger partial charge in [0.05, 0.1) is 24.6 Å². The quantitative estimate of drug-likeness (QED) is 0.635. The minimum absolute atomic E-state index is 0.113. The van der Waals surface area contributed by atoms with Crippen LogP contribution in [0.2, 0.25) is 0 Å². The Labute approximate surface area is 171 Å². The van der Waals surface area contributed by atoms with Gasteiger partial charge in [-0.15, -0.1) is 0 Å². The van der Waals surface area contributed by atoms with Gasteiger partial charge in [-0.25, -0.2) is 0 Å². The molecular formula is C22H17BrN2O3. The van der Waals surface area contributed by atoms with E-state index in [1.54, 1.807) is 14.2 Å². The summed E-state index contributed by atoms with van der Waals surface area (Å²) in [6.45, 7) is 0. The van der Waals surface area contributed by atoms with Gasteiger partial charge in [0.25, 0.3) is 0 Å². The largest absolute Gasteiger partial charge is 0.493 e. The summed E-state index contributed by atoms with van der Waals surface area (Å²) in [7, 11) is 3.16. The molecule has 0 radical (unpaired) electrons. The van der Waals surface area contributed by atoms with E-state index in [0.717, 1.165) is 26.4 Å². The molecule has 1 aliphatic heterocycles. The van der Waals surface area contributed by atoms with E-state index in [1.165, 1.54) is 0 Å². The van der Waals surface area contributed by atoms with Crippen LogP contribution in [0.15, 0.2) is 64.5 Å². The molecule has 28 heavy (non-hydrogen) atoms. The van der Waals surface area contributed by atoms with Crippen molar-refractivity contribution in [3.63, 3.8) is 0 Å². The van der Waals surface area contributed by atoms with Crippen molar-refractivity contribution in [3.05, 3.63) is 75.6 Å². The highest BCUT2D eigenvalue weighted by Crippen LogP contribution is 2.48. The summed E-state index contributed by atoms with van der Waals surface area (Å²) >= 11 is 3.54. The monoisotopic (exact) mass is 436 g/mol. The van der Waals surface area contributed by atoms with E-state index >= 15 is 0 Å². The number of halogens is 1. The van der Waals surface area contributed by atoms with Crippen molar-refractivity contribution < 1.29 is 14.2 Å². The lowest BCUT2D eigenvalue weighted by Gasteiger charge is -2.28. The lowest BCUT2D eigenvalue weighted by Crippen LogP contribution is -2.21. The molecule has 1 atom stereocenters. The molecule has 1 unspecified atom stereocenters. The Hall–Kier alpha value is -3.17. The maximum absolute atomic E-state index is 9.79. The van der Waals surface area contributed by atoms with E-state index in [2.05, 4.69) is 22.0 Å². The fourth-order valence-electron chi connectivity index (χ4n) is 3.63. The third-order valence-corrected chi connectivity index (χ3v) is 5.49. The van der Waals surface area contributed by atoms with Crippen LogP contribution in [0.25, 0.3) is 10.8 Å². The van der Waals surface area contributed by atoms with Gasteiger partial charge in [-0.3, -0.25) is 0 Å². The molecular weight excluding hydrogens is 420 g/mol. The topological polar surface area (TPSA) is 77.5 Å². The van der Waals surface area contributed by atoms with Crippen molar-refractivity contribution in [1.29, 1.82) is 5.26 Å². The molecule has 0 spiro atoms. The normalized spacial score (nSPS) is 15.6. The molecule has 0 aliphatic carbocycles. The minimum atomic E-state index is -0.380. The molecule has 2 N–H and O–H groups in total. The maximum Gasteiger partial charge on any atom is 0.205 e. The van der Waals surface area contributed by atoms with Crippen molar-refractivity contribution in [2.24, 2.45) is 5.73 Å². The molecule has 3 aromatic rings. The van der Waals surface area contributed by atoms with E-state index in [0.29, 0.717) is 22.8 Å². The van der Waals surface area contributed by atoms with Crippen molar-refractivity contribution in [2.45, 2.75) is 5.92 Å². The summed E-state index contributed by atoms with van der Waals surface area (Å²) in [5.74, 6) is 1.56. The molecule has 6 heteroatoms. The molecule has 5 nitrogen and oxygen atoms in total. The highest BCUT2D eigenvalue weighted by molar-refractivity contribution is 9.10. The van der Waals surface area contributed by atoms with Crippen LogP contribution < -0.4 is 19.9 Å². The van der Waals surface area contributed by atoms with Gasteiger partial charge >= 0.3 is 0 Å². The third-order valence-electron chi connectivity index (χ3n) is 4.90. The second-order valence-electron chi connectivity index (χ2n) is 6.37. The third kappa shape index (κ3) is 2.76. The van der Waals surface area contributed by atoms with Crippen molar-refractivity contribution in [3.8, 4) is 23.3 Å². The number of fused-ring (bicyclic) bond motifs is 3. The first-order valence-corrected chi connectivity index (χ1v) is 9.39. The summed E-state index contributed by atoms with van der Waals surface area (Å²) in [4.78, 5) is 0. The number of nitrogens with zero attached hydrogens (tertiary/aromatic N) is 1. The van der Waals surface area contributed by atoms with E-state index in [9.17, 15) is 5.26 Å². The minimum Gasteiger partial charge on any atom is -0.493 e. The number of benzene rings is 3. The average molecular weight is 437 g/mol. The Morgan fingerprint density at radius 3 is 2.61 bits per heavy atom. The smallest absolute Gasteiger partial charge is 0.205 e. The molecule has 3 aromatic carbocycles. The number of rotatable bonds is 3. The Kier molecular flexibility index (Phi) is 4.62. The van der Waals surface area contributed by atoms with Gasteiger partial charge in [-0.1, -0.05) is 36.4 Å². The number of hydrogen-bond donors (Lipinski definition) is 1. The number of hydrogen-bond acceptors (Lipinski definition) is 5. The van der Waals surface area contributed by atoms with Crippen LogP contribution in [-0.2, 0) is 0 Å². The first-order chi connectivity index (χ1) is 13.6. The number of ether oxygens (including phenoxy) is 3. The van der Waals surface area contributed by atoms with Gasteiger partial charge in [0.2, 0.25) is 5.88 Å². The Bertz CT molecular complexity index is 1160. The Balaban J connectivity index is 2.00. The number of allylic oxidation sites excluding steroid dienone is 1. The molecule has 4 rings (SSSR count). The predicted octanol–water partition coefficient (Wildman–Crippen LogP) is 4.84. The van der Waals surface area contributed by atoms with Gasteiger partial charge in [-0.05, 0) is 39.0 Å². The van der Waals surface area contributed by atoms with Crippen LogP contribution in [0.1, 0.15) is 17.0 Å². The molecule has 0 saturated carbocycles. The van der Waals surface area contributed by atoms with E-state index in [-0.39, 0.29) is 11.8 Å². The zero-order valence-corrected chi connectivity index (χ0v) is 16.9. The molecule has 0 aromatic heterocycles. The summed E-state index contributed by atoms with van der Waals surface area (Å²) in [6.07, 6.45) is 0. The van der Waals surface area contributed by atoms with Crippen LogP contribution in [-0.4, -0.2) is 14.2 Å². The van der Waals surface area contributed by atoms with Crippen LogP contribution in [0.3, 0.4) is 0 Å². The summed E-state index contributed by atoms with van der Waals surface area (Å²) in [6, 6.07) is 17.9. The van der Waals surface area contributed by atoms with E-state index in [1.807, 2.05) is 48.5 Å². The fourth-order valence-corrected chi connectivity index (χ4v) is 4.26. The first kappa shape index (κ1) is 18.2. The lowest BCUT2D eigenvalue weighted by atomic mass is 9.82. The summed E-state index contributed by atoms with van der Waals surface area (Å²) < 4.78 is 17.5. The molecule has 1 heterocycles. The number of nitrogens with two attached hydrogens (primary N) is 1. The summed E-state index contributed by atoms with van der Waals surface area (Å²) in [5, 5.41) is 11.8. The van der Waals surface area contributed by atoms with Crippen LogP contribution in [0, 0.1) is 11.3 Å². The van der Waals surface area contributed by atoms with Crippen molar-refractivity contribution in [1.82, 2.24) is 0 Å².